The van der Waals surface area contributed by atoms with E-state index in [-0.39, 0.29) is 5.91 Å². The van der Waals surface area contributed by atoms with Crippen LogP contribution in [-0.2, 0) is 11.2 Å². The van der Waals surface area contributed by atoms with Crippen LogP contribution in [0.3, 0.4) is 0 Å². The molecule has 98 valence electrons. The molecule has 0 aliphatic carbocycles. The molecule has 2 aromatic carbocycles. The van der Waals surface area contributed by atoms with Gasteiger partial charge in [-0.15, -0.1) is 0 Å². The SMILES string of the molecule is Cc1ccc(N(C)NC(=O)Cc2ccccc2)cc1. The van der Waals surface area contributed by atoms with Gasteiger partial charge >= 0.3 is 0 Å². The van der Waals surface area contributed by atoms with E-state index < -0.39 is 0 Å². The van der Waals surface area contributed by atoms with Gasteiger partial charge < -0.3 is 0 Å². The standard InChI is InChI=1S/C16H18N2O/c1-13-8-10-15(11-9-13)18(2)17-16(19)12-14-6-4-3-5-7-14/h3-11H,12H2,1-2H3,(H,17,19). The van der Waals surface area contributed by atoms with Crippen LogP contribution in [0.25, 0.3) is 0 Å². The summed E-state index contributed by atoms with van der Waals surface area (Å²) >= 11 is 0. The number of carbonyl (C=O) groups is 1. The van der Waals surface area contributed by atoms with Crippen molar-refractivity contribution in [3.8, 4) is 0 Å². The normalized spacial score (nSPS) is 10.0. The summed E-state index contributed by atoms with van der Waals surface area (Å²) in [5, 5.41) is 1.74. The quantitative estimate of drug-likeness (QED) is 0.851. The largest absolute Gasteiger partial charge is 0.289 e. The third kappa shape index (κ3) is 3.85. The summed E-state index contributed by atoms with van der Waals surface area (Å²) in [5.41, 5.74) is 6.04. The molecule has 1 N–H and O–H groups in total. The zero-order valence-corrected chi connectivity index (χ0v) is 11.3. The van der Waals surface area contributed by atoms with Crippen LogP contribution in [0.4, 0.5) is 5.69 Å². The molecule has 0 unspecified atom stereocenters. The lowest BCUT2D eigenvalue weighted by Gasteiger charge is -2.20. The fourth-order valence-electron chi connectivity index (χ4n) is 1.84. The van der Waals surface area contributed by atoms with Gasteiger partial charge in [0.2, 0.25) is 5.91 Å². The summed E-state index contributed by atoms with van der Waals surface area (Å²) in [6, 6.07) is 17.7. The van der Waals surface area contributed by atoms with Crippen molar-refractivity contribution in [2.45, 2.75) is 13.3 Å². The highest BCUT2D eigenvalue weighted by Crippen LogP contribution is 2.11. The van der Waals surface area contributed by atoms with E-state index in [0.717, 1.165) is 11.3 Å². The molecule has 0 bridgehead atoms. The van der Waals surface area contributed by atoms with Gasteiger partial charge in [-0.25, -0.2) is 0 Å². The molecule has 3 nitrogen and oxygen atoms in total. The number of amides is 1. The van der Waals surface area contributed by atoms with Gasteiger partial charge in [-0.2, -0.15) is 0 Å². The molecule has 2 aromatic rings. The van der Waals surface area contributed by atoms with Crippen molar-refractivity contribution in [1.82, 2.24) is 5.43 Å². The first-order chi connectivity index (χ1) is 9.15. The minimum atomic E-state index is -0.0192. The van der Waals surface area contributed by atoms with Gasteiger partial charge in [0.15, 0.2) is 0 Å². The Morgan fingerprint density at radius 2 is 1.68 bits per heavy atom. The predicted molar refractivity (Wildman–Crippen MR) is 77.9 cm³/mol. The second kappa shape index (κ2) is 6.05. The summed E-state index contributed by atoms with van der Waals surface area (Å²) in [7, 11) is 1.84. The first-order valence-electron chi connectivity index (χ1n) is 6.29. The van der Waals surface area contributed by atoms with Crippen molar-refractivity contribution in [1.29, 1.82) is 0 Å². The van der Waals surface area contributed by atoms with E-state index >= 15 is 0 Å². The van der Waals surface area contributed by atoms with Gasteiger partial charge in [-0.05, 0) is 24.6 Å². The van der Waals surface area contributed by atoms with Crippen LogP contribution in [0.1, 0.15) is 11.1 Å². The average molecular weight is 254 g/mol. The second-order valence-electron chi connectivity index (χ2n) is 4.59. The van der Waals surface area contributed by atoms with Crippen LogP contribution in [0.5, 0.6) is 0 Å². The summed E-state index contributed by atoms with van der Waals surface area (Å²) < 4.78 is 0. The van der Waals surface area contributed by atoms with E-state index in [9.17, 15) is 4.79 Å². The zero-order valence-electron chi connectivity index (χ0n) is 11.3. The molecule has 0 saturated carbocycles. The first-order valence-corrected chi connectivity index (χ1v) is 6.29. The van der Waals surface area contributed by atoms with E-state index in [1.165, 1.54) is 5.56 Å². The molecule has 0 fully saturated rings. The van der Waals surface area contributed by atoms with Crippen LogP contribution < -0.4 is 10.4 Å². The van der Waals surface area contributed by atoms with Crippen molar-refractivity contribution in [2.75, 3.05) is 12.1 Å². The number of nitrogens with zero attached hydrogens (tertiary/aromatic N) is 1. The number of hydrogen-bond donors (Lipinski definition) is 1. The summed E-state index contributed by atoms with van der Waals surface area (Å²) in [5.74, 6) is -0.0192. The number of hydrogen-bond acceptors (Lipinski definition) is 2. The molecule has 0 radical (unpaired) electrons. The highest BCUT2D eigenvalue weighted by molar-refractivity contribution is 5.80. The number of benzene rings is 2. The molecule has 3 heteroatoms. The minimum Gasteiger partial charge on any atom is -0.289 e. The van der Waals surface area contributed by atoms with Crippen molar-refractivity contribution in [3.05, 3.63) is 65.7 Å². The van der Waals surface area contributed by atoms with E-state index in [0.29, 0.717) is 6.42 Å². The number of hydrazine groups is 1. The lowest BCUT2D eigenvalue weighted by molar-refractivity contribution is -0.120. The Balaban J connectivity index is 1.93. The number of aryl methyl sites for hydroxylation is 1. The molecule has 0 spiro atoms. The summed E-state index contributed by atoms with van der Waals surface area (Å²) in [6.07, 6.45) is 0.386. The molecule has 0 atom stereocenters. The van der Waals surface area contributed by atoms with Gasteiger partial charge in [-0.1, -0.05) is 48.0 Å². The smallest absolute Gasteiger partial charge is 0.242 e. The Morgan fingerprint density at radius 1 is 1.05 bits per heavy atom. The highest BCUT2D eigenvalue weighted by Gasteiger charge is 2.06. The van der Waals surface area contributed by atoms with Gasteiger partial charge in [0, 0.05) is 7.05 Å². The summed E-state index contributed by atoms with van der Waals surface area (Å²) in [4.78, 5) is 11.9. The molecule has 0 aliphatic rings. The molecule has 0 heterocycles. The highest BCUT2D eigenvalue weighted by atomic mass is 16.2. The molecule has 2 rings (SSSR count). The number of anilines is 1. The van der Waals surface area contributed by atoms with Gasteiger partial charge in [0.25, 0.3) is 0 Å². The third-order valence-corrected chi connectivity index (χ3v) is 2.92. The number of rotatable bonds is 4. The number of carbonyl (C=O) groups excluding carboxylic acids is 1. The maximum absolute atomic E-state index is 11.9. The lowest BCUT2D eigenvalue weighted by atomic mass is 10.1. The van der Waals surface area contributed by atoms with Gasteiger partial charge in [0.05, 0.1) is 12.1 Å². The van der Waals surface area contributed by atoms with Gasteiger partial charge in [0.1, 0.15) is 0 Å². The molecular formula is C16H18N2O. The Hall–Kier alpha value is -2.29. The van der Waals surface area contributed by atoms with Crippen LogP contribution in [0.15, 0.2) is 54.6 Å². The summed E-state index contributed by atoms with van der Waals surface area (Å²) in [6.45, 7) is 2.04. The van der Waals surface area contributed by atoms with Crippen LogP contribution in [0.2, 0.25) is 0 Å². The van der Waals surface area contributed by atoms with E-state index in [4.69, 9.17) is 0 Å². The predicted octanol–water partition coefficient (Wildman–Crippen LogP) is 2.71. The molecule has 0 saturated heterocycles. The third-order valence-electron chi connectivity index (χ3n) is 2.92. The first kappa shape index (κ1) is 13.1. The van der Waals surface area contributed by atoms with Crippen LogP contribution in [0, 0.1) is 6.92 Å². The zero-order chi connectivity index (χ0) is 13.7. The van der Waals surface area contributed by atoms with Crippen molar-refractivity contribution >= 4 is 11.6 Å². The van der Waals surface area contributed by atoms with Crippen molar-refractivity contribution in [2.24, 2.45) is 0 Å². The molecular weight excluding hydrogens is 236 g/mol. The lowest BCUT2D eigenvalue weighted by Crippen LogP contribution is -2.40. The Labute approximate surface area is 113 Å². The van der Waals surface area contributed by atoms with Crippen molar-refractivity contribution in [3.63, 3.8) is 0 Å². The topological polar surface area (TPSA) is 32.3 Å². The van der Waals surface area contributed by atoms with Crippen LogP contribution >= 0.6 is 0 Å². The van der Waals surface area contributed by atoms with Gasteiger partial charge in [-0.3, -0.25) is 15.2 Å². The molecule has 0 aliphatic heterocycles. The fraction of sp³-hybridized carbons (Fsp3) is 0.188. The molecule has 19 heavy (non-hydrogen) atoms. The van der Waals surface area contributed by atoms with Crippen LogP contribution in [-0.4, -0.2) is 13.0 Å². The Bertz CT molecular complexity index is 534. The Kier molecular flexibility index (Phi) is 4.18. The molecule has 1 amide bonds. The van der Waals surface area contributed by atoms with E-state index in [2.05, 4.69) is 5.43 Å². The van der Waals surface area contributed by atoms with Crippen molar-refractivity contribution < 1.29 is 4.79 Å². The minimum absolute atomic E-state index is 0.0192. The average Bonchev–Trinajstić information content (AvgIpc) is 2.40. The Morgan fingerprint density at radius 3 is 2.32 bits per heavy atom. The fourth-order valence-corrected chi connectivity index (χ4v) is 1.84. The molecule has 0 aromatic heterocycles. The second-order valence-corrected chi connectivity index (χ2v) is 4.59. The van der Waals surface area contributed by atoms with E-state index in [1.807, 2.05) is 68.6 Å². The van der Waals surface area contributed by atoms with E-state index in [1.54, 1.807) is 5.01 Å². The maximum atomic E-state index is 11.9. The maximum Gasteiger partial charge on any atom is 0.242 e. The monoisotopic (exact) mass is 254 g/mol. The number of nitrogens with one attached hydrogen (secondary N) is 1.